The van der Waals surface area contributed by atoms with Crippen molar-refractivity contribution in [1.29, 1.82) is 0 Å². The van der Waals surface area contributed by atoms with Crippen molar-refractivity contribution >= 4 is 28.4 Å². The van der Waals surface area contributed by atoms with Crippen molar-refractivity contribution in [3.8, 4) is 0 Å². The highest BCUT2D eigenvalue weighted by Crippen LogP contribution is 2.25. The lowest BCUT2D eigenvalue weighted by Crippen LogP contribution is -2.17. The minimum atomic E-state index is 0.0756. The number of ketones is 1. The van der Waals surface area contributed by atoms with Crippen LogP contribution in [0.5, 0.6) is 0 Å². The second-order valence-corrected chi connectivity index (χ2v) is 7.10. The molecule has 1 aliphatic rings. The van der Waals surface area contributed by atoms with Gasteiger partial charge in [0.05, 0.1) is 18.4 Å². The van der Waals surface area contributed by atoms with Crippen molar-refractivity contribution in [2.45, 2.75) is 37.6 Å². The molecule has 130 valence electrons. The van der Waals surface area contributed by atoms with E-state index < -0.39 is 0 Å². The van der Waals surface area contributed by atoms with Gasteiger partial charge in [0, 0.05) is 28.8 Å². The number of thioether (sulfide) groups is 1. The largest absolute Gasteiger partial charge is 0.376 e. The Morgan fingerprint density at radius 3 is 3.16 bits per heavy atom. The molecule has 1 aromatic carbocycles. The van der Waals surface area contributed by atoms with Crippen LogP contribution >= 0.6 is 11.8 Å². The first-order valence-electron chi connectivity index (χ1n) is 8.33. The van der Waals surface area contributed by atoms with Crippen molar-refractivity contribution in [3.63, 3.8) is 0 Å². The number of nitrogens with zero attached hydrogens (tertiary/aromatic N) is 4. The monoisotopic (exact) mass is 357 g/mol. The van der Waals surface area contributed by atoms with Gasteiger partial charge in [0.1, 0.15) is 0 Å². The summed E-state index contributed by atoms with van der Waals surface area (Å²) >= 11 is 1.37. The summed E-state index contributed by atoms with van der Waals surface area (Å²) in [5.74, 6) is 0.376. The van der Waals surface area contributed by atoms with E-state index in [0.717, 1.165) is 41.6 Å². The fourth-order valence-corrected chi connectivity index (χ4v) is 3.99. The van der Waals surface area contributed by atoms with Crippen molar-refractivity contribution in [3.05, 3.63) is 35.5 Å². The van der Waals surface area contributed by atoms with Crippen molar-refractivity contribution < 1.29 is 9.53 Å². The number of aromatic nitrogens is 5. The van der Waals surface area contributed by atoms with E-state index in [9.17, 15) is 4.79 Å². The first-order chi connectivity index (χ1) is 12.2. The van der Waals surface area contributed by atoms with Crippen LogP contribution in [0.1, 0.15) is 28.9 Å². The quantitative estimate of drug-likeness (QED) is 0.539. The van der Waals surface area contributed by atoms with E-state index in [2.05, 4.69) is 20.5 Å². The molecule has 0 unspecified atom stereocenters. The number of carbonyl (C=O) groups excluding carboxylic acids is 1. The fourth-order valence-electron chi connectivity index (χ4n) is 3.23. The van der Waals surface area contributed by atoms with E-state index in [0.29, 0.717) is 17.5 Å². The van der Waals surface area contributed by atoms with Gasteiger partial charge in [-0.15, -0.1) is 5.10 Å². The number of hydrogen-bond acceptors (Lipinski definition) is 6. The van der Waals surface area contributed by atoms with Crippen molar-refractivity contribution in [1.82, 2.24) is 25.2 Å². The summed E-state index contributed by atoms with van der Waals surface area (Å²) in [6, 6.07) is 7.86. The fraction of sp³-hybridized carbons (Fsp3) is 0.412. The van der Waals surface area contributed by atoms with E-state index in [1.165, 1.54) is 11.8 Å². The van der Waals surface area contributed by atoms with Gasteiger partial charge in [-0.1, -0.05) is 30.0 Å². The molecule has 1 N–H and O–H groups in total. The Bertz CT molecular complexity index is 897. The van der Waals surface area contributed by atoms with Crippen LogP contribution in [0.4, 0.5) is 0 Å². The predicted octanol–water partition coefficient (Wildman–Crippen LogP) is 2.62. The van der Waals surface area contributed by atoms with Gasteiger partial charge >= 0.3 is 0 Å². The first-order valence-corrected chi connectivity index (χ1v) is 9.32. The molecular formula is C17H19N5O2S. The molecule has 2 aromatic heterocycles. The summed E-state index contributed by atoms with van der Waals surface area (Å²) in [5, 5.41) is 13.4. The minimum absolute atomic E-state index is 0.0756. The number of aromatic amines is 1. The molecule has 0 radical (unpaired) electrons. The molecule has 1 saturated heterocycles. The van der Waals surface area contributed by atoms with Gasteiger partial charge in [0.2, 0.25) is 5.16 Å². The lowest BCUT2D eigenvalue weighted by atomic mass is 10.1. The number of nitrogens with one attached hydrogen (secondary N) is 1. The number of Topliss-reactive ketones (excluding diaryl/α,β-unsaturated/α-hetero) is 1. The van der Waals surface area contributed by atoms with E-state index in [1.807, 2.05) is 31.2 Å². The molecule has 25 heavy (non-hydrogen) atoms. The molecule has 1 atom stereocenters. The molecule has 3 aromatic rings. The van der Waals surface area contributed by atoms with Crippen LogP contribution in [0.3, 0.4) is 0 Å². The highest BCUT2D eigenvalue weighted by molar-refractivity contribution is 7.99. The molecule has 3 heterocycles. The number of carbonyl (C=O) groups is 1. The zero-order valence-corrected chi connectivity index (χ0v) is 14.8. The molecule has 0 spiro atoms. The number of rotatable bonds is 6. The zero-order valence-electron chi connectivity index (χ0n) is 13.9. The van der Waals surface area contributed by atoms with Crippen LogP contribution in [0.25, 0.3) is 10.9 Å². The number of benzene rings is 1. The van der Waals surface area contributed by atoms with Gasteiger partial charge in [-0.05, 0) is 36.3 Å². The minimum Gasteiger partial charge on any atom is -0.376 e. The van der Waals surface area contributed by atoms with E-state index in [4.69, 9.17) is 4.74 Å². The number of ether oxygens (including phenoxy) is 1. The molecular weight excluding hydrogens is 338 g/mol. The maximum absolute atomic E-state index is 12.7. The maximum atomic E-state index is 12.7. The number of hydrogen-bond donors (Lipinski definition) is 1. The summed E-state index contributed by atoms with van der Waals surface area (Å²) in [6.07, 6.45) is 2.26. The summed E-state index contributed by atoms with van der Waals surface area (Å²) < 4.78 is 7.37. The number of H-pyrrole nitrogens is 1. The Balaban J connectivity index is 1.47. The third-order valence-corrected chi connectivity index (χ3v) is 5.36. The SMILES string of the molecule is Cc1[nH]c2ccccc2c1C(=O)CSc1nnnn1C[C@@H]1CCCO1. The normalized spacial score (nSPS) is 17.4. The average Bonchev–Trinajstić information content (AvgIpc) is 3.33. The van der Waals surface area contributed by atoms with Crippen LogP contribution in [-0.2, 0) is 11.3 Å². The molecule has 7 nitrogen and oxygen atoms in total. The van der Waals surface area contributed by atoms with Gasteiger partial charge in [0.15, 0.2) is 5.78 Å². The number of aryl methyl sites for hydroxylation is 1. The van der Waals surface area contributed by atoms with Gasteiger partial charge in [-0.3, -0.25) is 4.79 Å². The Kier molecular flexibility index (Phi) is 4.54. The van der Waals surface area contributed by atoms with E-state index in [1.54, 1.807) is 4.68 Å². The highest BCUT2D eigenvalue weighted by atomic mass is 32.2. The summed E-state index contributed by atoms with van der Waals surface area (Å²) in [6.45, 7) is 3.36. The highest BCUT2D eigenvalue weighted by Gasteiger charge is 2.21. The molecule has 4 rings (SSSR count). The Morgan fingerprint density at radius 1 is 1.44 bits per heavy atom. The van der Waals surface area contributed by atoms with Crippen LogP contribution < -0.4 is 0 Å². The Labute approximate surface area is 149 Å². The molecule has 0 saturated carbocycles. The zero-order chi connectivity index (χ0) is 17.2. The number of fused-ring (bicyclic) bond motifs is 1. The third-order valence-electron chi connectivity index (χ3n) is 4.40. The first kappa shape index (κ1) is 16.3. The lowest BCUT2D eigenvalue weighted by molar-refractivity contribution is 0.0912. The molecule has 8 heteroatoms. The third kappa shape index (κ3) is 3.32. The van der Waals surface area contributed by atoms with Gasteiger partial charge in [0.25, 0.3) is 0 Å². The van der Waals surface area contributed by atoms with Gasteiger partial charge in [-0.2, -0.15) is 0 Å². The molecule has 1 aliphatic heterocycles. The van der Waals surface area contributed by atoms with Gasteiger partial charge in [-0.25, -0.2) is 4.68 Å². The predicted molar refractivity (Wildman–Crippen MR) is 94.9 cm³/mol. The van der Waals surface area contributed by atoms with Crippen LogP contribution in [-0.4, -0.2) is 49.4 Å². The summed E-state index contributed by atoms with van der Waals surface area (Å²) in [7, 11) is 0. The molecule has 1 fully saturated rings. The standard InChI is InChI=1S/C17H19N5O2S/c1-11-16(13-6-2-3-7-14(13)18-11)15(23)10-25-17-19-20-21-22(17)9-12-5-4-8-24-12/h2-3,6-7,12,18H,4-5,8-10H2,1H3/t12-/m0/s1. The van der Waals surface area contributed by atoms with Crippen molar-refractivity contribution in [2.24, 2.45) is 0 Å². The smallest absolute Gasteiger partial charge is 0.209 e. The van der Waals surface area contributed by atoms with E-state index >= 15 is 0 Å². The second-order valence-electron chi connectivity index (χ2n) is 6.16. The Hall–Kier alpha value is -2.19. The number of tetrazole rings is 1. The van der Waals surface area contributed by atoms with Crippen LogP contribution in [0.15, 0.2) is 29.4 Å². The second kappa shape index (κ2) is 6.97. The molecule has 0 aliphatic carbocycles. The van der Waals surface area contributed by atoms with Gasteiger partial charge < -0.3 is 9.72 Å². The summed E-state index contributed by atoms with van der Waals surface area (Å²) in [4.78, 5) is 16.0. The molecule has 0 bridgehead atoms. The van der Waals surface area contributed by atoms with Crippen LogP contribution in [0.2, 0.25) is 0 Å². The maximum Gasteiger partial charge on any atom is 0.209 e. The van der Waals surface area contributed by atoms with E-state index in [-0.39, 0.29) is 11.9 Å². The average molecular weight is 357 g/mol. The number of para-hydroxylation sites is 1. The Morgan fingerprint density at radius 2 is 2.32 bits per heavy atom. The topological polar surface area (TPSA) is 85.7 Å². The van der Waals surface area contributed by atoms with Crippen molar-refractivity contribution in [2.75, 3.05) is 12.4 Å². The van der Waals surface area contributed by atoms with Crippen LogP contribution in [0, 0.1) is 6.92 Å². The lowest BCUT2D eigenvalue weighted by Gasteiger charge is -2.09. The molecule has 0 amide bonds. The summed E-state index contributed by atoms with van der Waals surface area (Å²) in [5.41, 5.74) is 2.63.